The second-order valence-corrected chi connectivity index (χ2v) is 4.31. The van der Waals surface area contributed by atoms with Crippen molar-refractivity contribution >= 4 is 11.4 Å². The predicted octanol–water partition coefficient (Wildman–Crippen LogP) is 1.15. The van der Waals surface area contributed by atoms with Gasteiger partial charge in [-0.1, -0.05) is 0 Å². The molecule has 0 spiro atoms. The maximum Gasteiger partial charge on any atom is 0.0906 e. The van der Waals surface area contributed by atoms with Crippen LogP contribution < -0.4 is 10.6 Å². The molecule has 0 radical (unpaired) electrons. The number of rotatable bonds is 4. The summed E-state index contributed by atoms with van der Waals surface area (Å²) in [5, 5.41) is 0. The van der Waals surface area contributed by atoms with E-state index in [1.807, 2.05) is 6.07 Å². The molecule has 0 atom stereocenters. The number of anilines is 2. The van der Waals surface area contributed by atoms with Crippen LogP contribution in [-0.2, 0) is 0 Å². The number of nitrogens with two attached hydrogens (primary N) is 1. The third kappa shape index (κ3) is 3.06. The van der Waals surface area contributed by atoms with E-state index in [4.69, 9.17) is 5.73 Å². The molecule has 4 nitrogen and oxygen atoms in total. The Morgan fingerprint density at radius 2 is 2.06 bits per heavy atom. The van der Waals surface area contributed by atoms with E-state index in [1.165, 1.54) is 0 Å². The van der Waals surface area contributed by atoms with Gasteiger partial charge in [-0.05, 0) is 12.5 Å². The number of alkyl halides is 1. The van der Waals surface area contributed by atoms with Crippen molar-refractivity contribution in [2.75, 3.05) is 50.0 Å². The zero-order chi connectivity index (χ0) is 12.1. The third-order valence-corrected chi connectivity index (χ3v) is 3.15. The molecule has 2 heterocycles. The Balaban J connectivity index is 1.89. The smallest absolute Gasteiger partial charge is 0.0906 e. The number of nitrogen functional groups attached to an aromatic ring is 1. The second kappa shape index (κ2) is 5.82. The number of hydrogen-bond donors (Lipinski definition) is 1. The van der Waals surface area contributed by atoms with E-state index in [1.54, 1.807) is 12.4 Å². The van der Waals surface area contributed by atoms with Crippen LogP contribution in [0.5, 0.6) is 0 Å². The molecule has 17 heavy (non-hydrogen) atoms. The molecule has 0 aliphatic carbocycles. The van der Waals surface area contributed by atoms with Crippen LogP contribution in [0.4, 0.5) is 15.8 Å². The normalized spacial score (nSPS) is 17.4. The van der Waals surface area contributed by atoms with Crippen molar-refractivity contribution < 1.29 is 4.39 Å². The lowest BCUT2D eigenvalue weighted by molar-refractivity contribution is 0.245. The van der Waals surface area contributed by atoms with Gasteiger partial charge in [0, 0.05) is 38.9 Å². The SMILES string of the molecule is Nc1cnccc1N1CCN(CCCF)CC1. The minimum absolute atomic E-state index is 0.225. The summed E-state index contributed by atoms with van der Waals surface area (Å²) >= 11 is 0. The number of nitrogens with zero attached hydrogens (tertiary/aromatic N) is 3. The van der Waals surface area contributed by atoms with Crippen LogP contribution in [0, 0.1) is 0 Å². The molecular formula is C12H19FN4. The van der Waals surface area contributed by atoms with Crippen molar-refractivity contribution in [3.63, 3.8) is 0 Å². The molecule has 0 amide bonds. The van der Waals surface area contributed by atoms with Gasteiger partial charge < -0.3 is 10.6 Å². The van der Waals surface area contributed by atoms with E-state index in [0.29, 0.717) is 6.42 Å². The largest absolute Gasteiger partial charge is 0.396 e. The molecule has 1 aliphatic rings. The lowest BCUT2D eigenvalue weighted by Gasteiger charge is -2.36. The Hall–Kier alpha value is -1.36. The Bertz CT molecular complexity index is 350. The zero-order valence-corrected chi connectivity index (χ0v) is 9.98. The first kappa shape index (κ1) is 12.1. The molecule has 2 N–H and O–H groups in total. The average molecular weight is 238 g/mol. The molecule has 1 fully saturated rings. The number of halogens is 1. The number of piperazine rings is 1. The van der Waals surface area contributed by atoms with Crippen molar-refractivity contribution in [3.8, 4) is 0 Å². The Morgan fingerprint density at radius 3 is 2.71 bits per heavy atom. The topological polar surface area (TPSA) is 45.4 Å². The fourth-order valence-corrected chi connectivity index (χ4v) is 2.18. The summed E-state index contributed by atoms with van der Waals surface area (Å²) in [6.45, 7) is 4.47. The van der Waals surface area contributed by atoms with Crippen LogP contribution in [0.3, 0.4) is 0 Å². The molecule has 94 valence electrons. The highest BCUT2D eigenvalue weighted by Gasteiger charge is 2.17. The number of pyridine rings is 1. The van der Waals surface area contributed by atoms with Gasteiger partial charge in [0.1, 0.15) is 0 Å². The van der Waals surface area contributed by atoms with Gasteiger partial charge in [-0.3, -0.25) is 14.3 Å². The summed E-state index contributed by atoms with van der Waals surface area (Å²) < 4.78 is 12.1. The van der Waals surface area contributed by atoms with E-state index in [-0.39, 0.29) is 6.67 Å². The van der Waals surface area contributed by atoms with E-state index in [0.717, 1.165) is 44.1 Å². The van der Waals surface area contributed by atoms with Crippen molar-refractivity contribution in [2.24, 2.45) is 0 Å². The van der Waals surface area contributed by atoms with E-state index >= 15 is 0 Å². The molecule has 1 saturated heterocycles. The van der Waals surface area contributed by atoms with Crippen molar-refractivity contribution in [1.29, 1.82) is 0 Å². The maximum atomic E-state index is 12.1. The summed E-state index contributed by atoms with van der Waals surface area (Å²) in [5.41, 5.74) is 7.69. The lowest BCUT2D eigenvalue weighted by Crippen LogP contribution is -2.46. The molecule has 0 saturated carbocycles. The summed E-state index contributed by atoms with van der Waals surface area (Å²) in [7, 11) is 0. The Morgan fingerprint density at radius 1 is 1.29 bits per heavy atom. The van der Waals surface area contributed by atoms with Crippen molar-refractivity contribution in [1.82, 2.24) is 9.88 Å². The van der Waals surface area contributed by atoms with Gasteiger partial charge in [-0.15, -0.1) is 0 Å². The molecule has 1 aliphatic heterocycles. The second-order valence-electron chi connectivity index (χ2n) is 4.31. The third-order valence-electron chi connectivity index (χ3n) is 3.15. The van der Waals surface area contributed by atoms with E-state index < -0.39 is 0 Å². The summed E-state index contributed by atoms with van der Waals surface area (Å²) in [6, 6.07) is 1.95. The van der Waals surface area contributed by atoms with E-state index in [2.05, 4.69) is 14.8 Å². The quantitative estimate of drug-likeness (QED) is 0.854. The molecule has 0 unspecified atom stereocenters. The number of aromatic nitrogens is 1. The van der Waals surface area contributed by atoms with Crippen LogP contribution >= 0.6 is 0 Å². The van der Waals surface area contributed by atoms with Gasteiger partial charge >= 0.3 is 0 Å². The maximum absolute atomic E-state index is 12.1. The molecule has 2 rings (SSSR count). The Labute approximate surface area is 101 Å². The van der Waals surface area contributed by atoms with Crippen LogP contribution in [0.2, 0.25) is 0 Å². The van der Waals surface area contributed by atoms with E-state index in [9.17, 15) is 4.39 Å². The van der Waals surface area contributed by atoms with Gasteiger partial charge in [0.05, 0.1) is 24.2 Å². The van der Waals surface area contributed by atoms with Gasteiger partial charge in [0.15, 0.2) is 0 Å². The molecule has 5 heteroatoms. The van der Waals surface area contributed by atoms with Crippen LogP contribution in [0.15, 0.2) is 18.5 Å². The highest BCUT2D eigenvalue weighted by atomic mass is 19.1. The van der Waals surface area contributed by atoms with Gasteiger partial charge in [-0.25, -0.2) is 0 Å². The minimum atomic E-state index is -0.225. The molecule has 1 aromatic rings. The van der Waals surface area contributed by atoms with Crippen LogP contribution in [0.1, 0.15) is 6.42 Å². The van der Waals surface area contributed by atoms with Crippen molar-refractivity contribution in [2.45, 2.75) is 6.42 Å². The zero-order valence-electron chi connectivity index (χ0n) is 9.98. The lowest BCUT2D eigenvalue weighted by atomic mass is 10.2. The van der Waals surface area contributed by atoms with Gasteiger partial charge in [-0.2, -0.15) is 0 Å². The van der Waals surface area contributed by atoms with Crippen molar-refractivity contribution in [3.05, 3.63) is 18.5 Å². The fourth-order valence-electron chi connectivity index (χ4n) is 2.18. The summed E-state index contributed by atoms with van der Waals surface area (Å²) in [5.74, 6) is 0. The average Bonchev–Trinajstić information content (AvgIpc) is 2.38. The monoisotopic (exact) mass is 238 g/mol. The molecule has 1 aromatic heterocycles. The van der Waals surface area contributed by atoms with Gasteiger partial charge in [0.25, 0.3) is 0 Å². The molecule has 0 aromatic carbocycles. The van der Waals surface area contributed by atoms with Crippen LogP contribution in [0.25, 0.3) is 0 Å². The fraction of sp³-hybridized carbons (Fsp3) is 0.583. The first-order valence-electron chi connectivity index (χ1n) is 6.04. The summed E-state index contributed by atoms with van der Waals surface area (Å²) in [6.07, 6.45) is 4.09. The van der Waals surface area contributed by atoms with Crippen LogP contribution in [-0.4, -0.2) is 49.3 Å². The van der Waals surface area contributed by atoms with Gasteiger partial charge in [0.2, 0.25) is 0 Å². The number of hydrogen-bond acceptors (Lipinski definition) is 4. The highest BCUT2D eigenvalue weighted by molar-refractivity contribution is 5.66. The highest BCUT2D eigenvalue weighted by Crippen LogP contribution is 2.22. The first-order valence-corrected chi connectivity index (χ1v) is 6.04. The first-order chi connectivity index (χ1) is 8.31. The predicted molar refractivity (Wildman–Crippen MR) is 67.9 cm³/mol. The Kier molecular flexibility index (Phi) is 4.14. The standard InChI is InChI=1S/C12H19FN4/c13-3-1-5-16-6-8-17(9-7-16)12-2-4-15-10-11(12)14/h2,4,10H,1,3,5-9,14H2. The minimum Gasteiger partial charge on any atom is -0.396 e. The molecular weight excluding hydrogens is 219 g/mol. The summed E-state index contributed by atoms with van der Waals surface area (Å²) in [4.78, 5) is 8.56. The molecule has 0 bridgehead atoms.